The van der Waals surface area contributed by atoms with E-state index < -0.39 is 0 Å². The number of hydrogen-bond acceptors (Lipinski definition) is 2. The van der Waals surface area contributed by atoms with Gasteiger partial charge in [0.05, 0.1) is 11.0 Å². The van der Waals surface area contributed by atoms with Gasteiger partial charge in [-0.15, -0.1) is 0 Å². The minimum atomic E-state index is 0.250. The lowest BCUT2D eigenvalue weighted by molar-refractivity contribution is -0.122. The number of benzene rings is 2. The second kappa shape index (κ2) is 8.59. The molecule has 1 heterocycles. The molecule has 0 saturated heterocycles. The highest BCUT2D eigenvalue weighted by Crippen LogP contribution is 2.28. The Labute approximate surface area is 167 Å². The summed E-state index contributed by atoms with van der Waals surface area (Å²) in [5.41, 5.74) is 4.86. The summed E-state index contributed by atoms with van der Waals surface area (Å²) in [4.78, 5) is 16.6. The van der Waals surface area contributed by atoms with Gasteiger partial charge in [-0.25, -0.2) is 4.98 Å². The molecule has 0 aliphatic heterocycles. The first-order chi connectivity index (χ1) is 13.7. The molecule has 4 rings (SSSR count). The van der Waals surface area contributed by atoms with Crippen LogP contribution >= 0.6 is 0 Å². The summed E-state index contributed by atoms with van der Waals surface area (Å²) in [6.07, 6.45) is 6.36. The van der Waals surface area contributed by atoms with Gasteiger partial charge in [-0.05, 0) is 50.3 Å². The first-order valence-electron chi connectivity index (χ1n) is 10.5. The second-order valence-electron chi connectivity index (χ2n) is 7.96. The molecule has 4 heteroatoms. The Morgan fingerprint density at radius 1 is 1.07 bits per heavy atom. The van der Waals surface area contributed by atoms with Crippen molar-refractivity contribution >= 4 is 16.9 Å². The van der Waals surface area contributed by atoms with E-state index in [2.05, 4.69) is 65.3 Å². The summed E-state index contributed by atoms with van der Waals surface area (Å²) in [6, 6.07) is 17.1. The predicted octanol–water partition coefficient (Wildman–Crippen LogP) is 4.63. The summed E-state index contributed by atoms with van der Waals surface area (Å²) in [5, 5.41) is 3.05. The van der Waals surface area contributed by atoms with E-state index in [1.165, 1.54) is 16.6 Å². The molecule has 1 saturated carbocycles. The van der Waals surface area contributed by atoms with Gasteiger partial charge >= 0.3 is 0 Å². The lowest BCUT2D eigenvalue weighted by atomic mass is 10.1. The van der Waals surface area contributed by atoms with Gasteiger partial charge in [-0.3, -0.25) is 4.79 Å². The fourth-order valence-electron chi connectivity index (χ4n) is 3.66. The summed E-state index contributed by atoms with van der Waals surface area (Å²) in [6.45, 7) is 3.78. The molecule has 1 fully saturated rings. The average molecular weight is 376 g/mol. The summed E-state index contributed by atoms with van der Waals surface area (Å²) < 4.78 is 2.36. The Morgan fingerprint density at radius 3 is 2.64 bits per heavy atom. The molecule has 146 valence electrons. The SMILES string of the molecule is Cc1ccc(Cn2c(CCCCCNC(=O)C3CC3)nc3ccccc32)cc1. The van der Waals surface area contributed by atoms with E-state index in [0.29, 0.717) is 5.92 Å². The van der Waals surface area contributed by atoms with Gasteiger partial charge in [-0.1, -0.05) is 48.4 Å². The van der Waals surface area contributed by atoms with Crippen LogP contribution in [0.5, 0.6) is 0 Å². The molecule has 1 aliphatic rings. The van der Waals surface area contributed by atoms with Crippen LogP contribution in [-0.2, 0) is 17.8 Å². The highest BCUT2D eigenvalue weighted by Gasteiger charge is 2.28. The normalized spacial score (nSPS) is 13.8. The van der Waals surface area contributed by atoms with Crippen LogP contribution in [0.3, 0.4) is 0 Å². The van der Waals surface area contributed by atoms with Crippen LogP contribution in [-0.4, -0.2) is 22.0 Å². The Morgan fingerprint density at radius 2 is 1.86 bits per heavy atom. The maximum absolute atomic E-state index is 11.7. The molecular weight excluding hydrogens is 346 g/mol. The Bertz CT molecular complexity index is 938. The number of para-hydroxylation sites is 2. The van der Waals surface area contributed by atoms with Crippen LogP contribution in [0, 0.1) is 12.8 Å². The largest absolute Gasteiger partial charge is 0.356 e. The zero-order valence-electron chi connectivity index (χ0n) is 16.7. The van der Waals surface area contributed by atoms with E-state index in [1.807, 2.05) is 0 Å². The van der Waals surface area contributed by atoms with Crippen LogP contribution in [0.2, 0.25) is 0 Å². The predicted molar refractivity (Wildman–Crippen MR) is 113 cm³/mol. The summed E-state index contributed by atoms with van der Waals surface area (Å²) in [7, 11) is 0. The maximum atomic E-state index is 11.7. The Balaban J connectivity index is 1.37. The number of nitrogens with zero attached hydrogens (tertiary/aromatic N) is 2. The molecule has 28 heavy (non-hydrogen) atoms. The van der Waals surface area contributed by atoms with Crippen molar-refractivity contribution in [1.29, 1.82) is 0 Å². The van der Waals surface area contributed by atoms with Gasteiger partial charge in [-0.2, -0.15) is 0 Å². The molecule has 4 nitrogen and oxygen atoms in total. The molecule has 0 spiro atoms. The summed E-state index contributed by atoms with van der Waals surface area (Å²) in [5.74, 6) is 1.71. The minimum Gasteiger partial charge on any atom is -0.356 e. The quantitative estimate of drug-likeness (QED) is 0.554. The number of imidazole rings is 1. The monoisotopic (exact) mass is 375 g/mol. The number of rotatable bonds is 9. The standard InChI is InChI=1S/C24H29N3O/c1-18-10-12-19(13-11-18)17-27-22-8-5-4-7-21(22)26-23(27)9-3-2-6-16-25-24(28)20-14-15-20/h4-5,7-8,10-13,20H,2-3,6,9,14-17H2,1H3,(H,25,28). The molecule has 0 atom stereocenters. The van der Waals surface area contributed by atoms with Gasteiger partial charge in [0, 0.05) is 25.4 Å². The van der Waals surface area contributed by atoms with E-state index in [0.717, 1.165) is 63.0 Å². The minimum absolute atomic E-state index is 0.250. The van der Waals surface area contributed by atoms with Gasteiger partial charge in [0.25, 0.3) is 0 Å². The van der Waals surface area contributed by atoms with E-state index >= 15 is 0 Å². The maximum Gasteiger partial charge on any atom is 0.223 e. The number of aryl methyl sites for hydroxylation is 2. The highest BCUT2D eigenvalue weighted by molar-refractivity contribution is 5.80. The van der Waals surface area contributed by atoms with Crippen LogP contribution < -0.4 is 5.32 Å². The molecule has 1 aromatic heterocycles. The number of amides is 1. The van der Waals surface area contributed by atoms with E-state index in [9.17, 15) is 4.79 Å². The van der Waals surface area contributed by atoms with Crippen molar-refractivity contribution in [3.8, 4) is 0 Å². The van der Waals surface area contributed by atoms with E-state index in [1.54, 1.807) is 0 Å². The number of carbonyl (C=O) groups excluding carboxylic acids is 1. The molecule has 3 aromatic rings. The Hall–Kier alpha value is -2.62. The molecule has 2 aromatic carbocycles. The van der Waals surface area contributed by atoms with E-state index in [-0.39, 0.29) is 5.91 Å². The summed E-state index contributed by atoms with van der Waals surface area (Å²) >= 11 is 0. The van der Waals surface area contributed by atoms with Crippen molar-refractivity contribution < 1.29 is 4.79 Å². The molecule has 0 radical (unpaired) electrons. The van der Waals surface area contributed by atoms with Crippen molar-refractivity contribution in [3.63, 3.8) is 0 Å². The number of nitrogens with one attached hydrogen (secondary N) is 1. The first-order valence-corrected chi connectivity index (χ1v) is 10.5. The molecule has 1 N–H and O–H groups in total. The Kier molecular flexibility index (Phi) is 5.75. The van der Waals surface area contributed by atoms with Gasteiger partial charge in [0.1, 0.15) is 5.82 Å². The van der Waals surface area contributed by atoms with Crippen LogP contribution in [0.4, 0.5) is 0 Å². The lowest BCUT2D eigenvalue weighted by Crippen LogP contribution is -2.25. The first kappa shape index (κ1) is 18.7. The van der Waals surface area contributed by atoms with Crippen molar-refractivity contribution in [2.75, 3.05) is 6.54 Å². The fourth-order valence-corrected chi connectivity index (χ4v) is 3.66. The third kappa shape index (κ3) is 4.61. The zero-order valence-corrected chi connectivity index (χ0v) is 16.7. The highest BCUT2D eigenvalue weighted by atomic mass is 16.2. The number of fused-ring (bicyclic) bond motifs is 1. The average Bonchev–Trinajstić information content (AvgIpc) is 3.50. The van der Waals surface area contributed by atoms with Gasteiger partial charge in [0.15, 0.2) is 0 Å². The zero-order chi connectivity index (χ0) is 19.3. The van der Waals surface area contributed by atoms with Crippen molar-refractivity contribution in [1.82, 2.24) is 14.9 Å². The number of carbonyl (C=O) groups is 1. The van der Waals surface area contributed by atoms with Gasteiger partial charge < -0.3 is 9.88 Å². The third-order valence-corrected chi connectivity index (χ3v) is 5.52. The number of unbranched alkanes of at least 4 members (excludes halogenated alkanes) is 2. The van der Waals surface area contributed by atoms with Crippen molar-refractivity contribution in [2.45, 2.75) is 52.0 Å². The van der Waals surface area contributed by atoms with Crippen LogP contribution in [0.15, 0.2) is 48.5 Å². The smallest absolute Gasteiger partial charge is 0.223 e. The second-order valence-corrected chi connectivity index (χ2v) is 7.96. The van der Waals surface area contributed by atoms with Crippen LogP contribution in [0.1, 0.15) is 49.1 Å². The third-order valence-electron chi connectivity index (χ3n) is 5.52. The van der Waals surface area contributed by atoms with E-state index in [4.69, 9.17) is 4.98 Å². The fraction of sp³-hybridized carbons (Fsp3) is 0.417. The van der Waals surface area contributed by atoms with Gasteiger partial charge in [0.2, 0.25) is 5.91 Å². The number of hydrogen-bond donors (Lipinski definition) is 1. The topological polar surface area (TPSA) is 46.9 Å². The molecule has 1 aliphatic carbocycles. The number of aromatic nitrogens is 2. The molecule has 0 bridgehead atoms. The van der Waals surface area contributed by atoms with Crippen molar-refractivity contribution in [2.24, 2.45) is 5.92 Å². The lowest BCUT2D eigenvalue weighted by Gasteiger charge is -2.10. The molecule has 0 unspecified atom stereocenters. The molecular formula is C24H29N3O. The van der Waals surface area contributed by atoms with Crippen molar-refractivity contribution in [3.05, 3.63) is 65.5 Å². The van der Waals surface area contributed by atoms with Crippen LogP contribution in [0.25, 0.3) is 11.0 Å². The molecule has 1 amide bonds.